The zero-order valence-corrected chi connectivity index (χ0v) is 20.3. The third-order valence-corrected chi connectivity index (χ3v) is 6.14. The van der Waals surface area contributed by atoms with Gasteiger partial charge in [0.2, 0.25) is 0 Å². The van der Waals surface area contributed by atoms with E-state index in [4.69, 9.17) is 14.2 Å². The van der Waals surface area contributed by atoms with Crippen molar-refractivity contribution >= 4 is 15.7 Å². The van der Waals surface area contributed by atoms with E-state index in [9.17, 15) is 13.2 Å². The Morgan fingerprint density at radius 3 is 2.21 bits per heavy atom. The highest BCUT2D eigenvalue weighted by molar-refractivity contribution is 7.90. The standard InChI is InChI=1S/C26H29NO6S/c1-4-31-25-18-21(12-15-24(25)33-17-16-32-22-8-6-5-7-9-22)26(28)27-19(2)20-10-13-23(14-11-20)34(3,29)30/h5-15,18-19H,4,16-17H2,1-3H3,(H,27,28). The summed E-state index contributed by atoms with van der Waals surface area (Å²) in [5, 5.41) is 2.93. The van der Waals surface area contributed by atoms with E-state index in [0.29, 0.717) is 36.9 Å². The summed E-state index contributed by atoms with van der Waals surface area (Å²) < 4.78 is 40.4. The van der Waals surface area contributed by atoms with Gasteiger partial charge in [0.05, 0.1) is 17.5 Å². The third kappa shape index (κ3) is 6.99. The van der Waals surface area contributed by atoms with Crippen LogP contribution in [0.3, 0.4) is 0 Å². The van der Waals surface area contributed by atoms with Crippen LogP contribution in [0, 0.1) is 0 Å². The number of nitrogens with one attached hydrogen (secondary N) is 1. The molecule has 0 bridgehead atoms. The molecule has 180 valence electrons. The van der Waals surface area contributed by atoms with E-state index in [1.807, 2.05) is 44.2 Å². The maximum absolute atomic E-state index is 12.8. The van der Waals surface area contributed by atoms with Crippen molar-refractivity contribution in [3.05, 3.63) is 83.9 Å². The molecule has 3 aromatic carbocycles. The van der Waals surface area contributed by atoms with E-state index >= 15 is 0 Å². The van der Waals surface area contributed by atoms with Gasteiger partial charge >= 0.3 is 0 Å². The van der Waals surface area contributed by atoms with Crippen molar-refractivity contribution in [1.82, 2.24) is 5.32 Å². The lowest BCUT2D eigenvalue weighted by atomic mass is 10.1. The van der Waals surface area contributed by atoms with Crippen LogP contribution in [0.2, 0.25) is 0 Å². The Bertz CT molecular complexity index is 1190. The lowest BCUT2D eigenvalue weighted by molar-refractivity contribution is 0.0939. The molecular formula is C26H29NO6S. The number of rotatable bonds is 11. The van der Waals surface area contributed by atoms with Gasteiger partial charge in [0.15, 0.2) is 21.3 Å². The number of hydrogen-bond acceptors (Lipinski definition) is 6. The molecular weight excluding hydrogens is 454 g/mol. The van der Waals surface area contributed by atoms with Gasteiger partial charge in [-0.05, 0) is 61.9 Å². The molecule has 8 heteroatoms. The van der Waals surface area contributed by atoms with Gasteiger partial charge in [-0.2, -0.15) is 0 Å². The van der Waals surface area contributed by atoms with Gasteiger partial charge in [0.25, 0.3) is 5.91 Å². The van der Waals surface area contributed by atoms with Crippen molar-refractivity contribution in [3.63, 3.8) is 0 Å². The Hall–Kier alpha value is -3.52. The minimum Gasteiger partial charge on any atom is -0.490 e. The summed E-state index contributed by atoms with van der Waals surface area (Å²) in [5.74, 6) is 1.49. The average Bonchev–Trinajstić information content (AvgIpc) is 2.83. The van der Waals surface area contributed by atoms with Gasteiger partial charge in [0.1, 0.15) is 19.0 Å². The molecule has 0 saturated heterocycles. The van der Waals surface area contributed by atoms with E-state index < -0.39 is 9.84 Å². The second kappa shape index (κ2) is 11.6. The molecule has 1 N–H and O–H groups in total. The van der Waals surface area contributed by atoms with Crippen LogP contribution >= 0.6 is 0 Å². The summed E-state index contributed by atoms with van der Waals surface area (Å²) in [6.45, 7) is 4.80. The highest BCUT2D eigenvalue weighted by Gasteiger charge is 2.16. The van der Waals surface area contributed by atoms with Gasteiger partial charge < -0.3 is 19.5 Å². The molecule has 0 fully saturated rings. The van der Waals surface area contributed by atoms with E-state index in [2.05, 4.69) is 5.32 Å². The maximum Gasteiger partial charge on any atom is 0.251 e. The molecule has 0 heterocycles. The van der Waals surface area contributed by atoms with E-state index in [1.165, 1.54) is 12.1 Å². The third-order valence-electron chi connectivity index (χ3n) is 5.01. The van der Waals surface area contributed by atoms with Crippen molar-refractivity contribution in [2.24, 2.45) is 0 Å². The molecule has 0 saturated carbocycles. The fourth-order valence-electron chi connectivity index (χ4n) is 3.23. The Morgan fingerprint density at radius 2 is 1.56 bits per heavy atom. The quantitative estimate of drug-likeness (QED) is 0.406. The highest BCUT2D eigenvalue weighted by Crippen LogP contribution is 2.29. The predicted molar refractivity (Wildman–Crippen MR) is 130 cm³/mol. The summed E-state index contributed by atoms with van der Waals surface area (Å²) in [7, 11) is -3.27. The van der Waals surface area contributed by atoms with Crippen molar-refractivity contribution in [3.8, 4) is 17.2 Å². The number of ether oxygens (including phenoxy) is 3. The lowest BCUT2D eigenvalue weighted by Crippen LogP contribution is -2.26. The summed E-state index contributed by atoms with van der Waals surface area (Å²) >= 11 is 0. The Morgan fingerprint density at radius 1 is 0.882 bits per heavy atom. The molecule has 1 atom stereocenters. The van der Waals surface area contributed by atoms with Crippen LogP contribution in [0.4, 0.5) is 0 Å². The lowest BCUT2D eigenvalue weighted by Gasteiger charge is -2.17. The van der Waals surface area contributed by atoms with Gasteiger partial charge in [-0.25, -0.2) is 8.42 Å². The SMILES string of the molecule is CCOc1cc(C(=O)NC(C)c2ccc(S(C)(=O)=O)cc2)ccc1OCCOc1ccccc1. The van der Waals surface area contributed by atoms with Crippen LogP contribution in [0.15, 0.2) is 77.7 Å². The monoisotopic (exact) mass is 483 g/mol. The maximum atomic E-state index is 12.8. The molecule has 3 rings (SSSR count). The minimum absolute atomic E-state index is 0.237. The second-order valence-corrected chi connectivity index (χ2v) is 9.66. The number of sulfone groups is 1. The Balaban J connectivity index is 1.62. The first-order valence-corrected chi connectivity index (χ1v) is 12.9. The van der Waals surface area contributed by atoms with Crippen molar-refractivity contribution < 1.29 is 27.4 Å². The Kier molecular flexibility index (Phi) is 8.54. The molecule has 0 aliphatic carbocycles. The fraction of sp³-hybridized carbons (Fsp3) is 0.269. The van der Waals surface area contributed by atoms with Crippen molar-refractivity contribution in [2.45, 2.75) is 24.8 Å². The number of carbonyl (C=O) groups is 1. The minimum atomic E-state index is -3.27. The first-order chi connectivity index (χ1) is 16.3. The number of hydrogen-bond donors (Lipinski definition) is 1. The van der Waals surface area contributed by atoms with E-state index in [-0.39, 0.29) is 16.8 Å². The summed E-state index contributed by atoms with van der Waals surface area (Å²) in [6.07, 6.45) is 1.16. The van der Waals surface area contributed by atoms with Crippen LogP contribution < -0.4 is 19.5 Å². The average molecular weight is 484 g/mol. The number of carbonyl (C=O) groups excluding carboxylic acids is 1. The van der Waals surface area contributed by atoms with Gasteiger partial charge in [0, 0.05) is 11.8 Å². The molecule has 7 nitrogen and oxygen atoms in total. The smallest absolute Gasteiger partial charge is 0.251 e. The molecule has 0 aromatic heterocycles. The number of para-hydroxylation sites is 1. The first-order valence-electron chi connectivity index (χ1n) is 11.0. The topological polar surface area (TPSA) is 90.9 Å². The van der Waals surface area contributed by atoms with Crippen LogP contribution in [-0.4, -0.2) is 40.4 Å². The second-order valence-electron chi connectivity index (χ2n) is 7.64. The zero-order chi connectivity index (χ0) is 24.6. The molecule has 1 amide bonds. The van der Waals surface area contributed by atoms with E-state index in [0.717, 1.165) is 17.6 Å². The summed E-state index contributed by atoms with van der Waals surface area (Å²) in [6, 6.07) is 20.6. The molecule has 34 heavy (non-hydrogen) atoms. The van der Waals surface area contributed by atoms with Crippen LogP contribution in [0.1, 0.15) is 35.8 Å². The highest BCUT2D eigenvalue weighted by atomic mass is 32.2. The molecule has 0 aliphatic heterocycles. The normalized spacial score (nSPS) is 12.0. The Labute approximate surface area is 200 Å². The molecule has 0 aliphatic rings. The fourth-order valence-corrected chi connectivity index (χ4v) is 3.86. The van der Waals surface area contributed by atoms with Crippen molar-refractivity contribution in [2.75, 3.05) is 26.1 Å². The van der Waals surface area contributed by atoms with Crippen LogP contribution in [0.25, 0.3) is 0 Å². The first kappa shape index (κ1) is 25.1. The predicted octanol–water partition coefficient (Wildman–Crippen LogP) is 4.44. The zero-order valence-electron chi connectivity index (χ0n) is 19.5. The summed E-state index contributed by atoms with van der Waals surface area (Å²) in [4.78, 5) is 13.1. The molecule has 0 radical (unpaired) electrons. The van der Waals surface area contributed by atoms with Crippen LogP contribution in [0.5, 0.6) is 17.2 Å². The molecule has 0 spiro atoms. The molecule has 1 unspecified atom stereocenters. The van der Waals surface area contributed by atoms with Gasteiger partial charge in [-0.1, -0.05) is 30.3 Å². The van der Waals surface area contributed by atoms with E-state index in [1.54, 1.807) is 30.3 Å². The van der Waals surface area contributed by atoms with Crippen LogP contribution in [-0.2, 0) is 9.84 Å². The number of amides is 1. The van der Waals surface area contributed by atoms with Crippen molar-refractivity contribution in [1.29, 1.82) is 0 Å². The van der Waals surface area contributed by atoms with Gasteiger partial charge in [-0.3, -0.25) is 4.79 Å². The largest absolute Gasteiger partial charge is 0.490 e. The van der Waals surface area contributed by atoms with Gasteiger partial charge in [-0.15, -0.1) is 0 Å². The number of benzene rings is 3. The summed E-state index contributed by atoms with van der Waals surface area (Å²) in [5.41, 5.74) is 1.22. The molecule has 3 aromatic rings.